The SMILES string of the molecule is CC(C)C(N)C(=O)NC(CCCCN)C(=O)NC(Cc1ccc(O)cc1)C(=O)NC(CS)C(=O)O. The molecule has 0 saturated carbocycles. The second kappa shape index (κ2) is 15.2. The molecule has 0 aromatic heterocycles. The maximum atomic E-state index is 13.2. The number of unbranched alkanes of at least 4 members (excludes halogenated alkanes) is 1. The van der Waals surface area contributed by atoms with E-state index in [1.165, 1.54) is 12.1 Å². The Morgan fingerprint density at radius 2 is 1.46 bits per heavy atom. The molecule has 1 rings (SSSR count). The van der Waals surface area contributed by atoms with E-state index in [1.54, 1.807) is 26.0 Å². The van der Waals surface area contributed by atoms with Gasteiger partial charge < -0.3 is 37.6 Å². The zero-order valence-corrected chi connectivity index (χ0v) is 21.0. The number of rotatable bonds is 15. The Kier molecular flexibility index (Phi) is 13.1. The molecule has 0 fully saturated rings. The van der Waals surface area contributed by atoms with E-state index in [-0.39, 0.29) is 30.3 Å². The summed E-state index contributed by atoms with van der Waals surface area (Å²) in [6.07, 6.45) is 1.49. The van der Waals surface area contributed by atoms with Crippen molar-refractivity contribution in [2.24, 2.45) is 17.4 Å². The molecule has 35 heavy (non-hydrogen) atoms. The van der Waals surface area contributed by atoms with Crippen LogP contribution < -0.4 is 27.4 Å². The number of benzene rings is 1. The number of carbonyl (C=O) groups is 4. The summed E-state index contributed by atoms with van der Waals surface area (Å²) in [6, 6.07) is 1.84. The van der Waals surface area contributed by atoms with E-state index in [0.717, 1.165) is 0 Å². The highest BCUT2D eigenvalue weighted by Crippen LogP contribution is 2.12. The van der Waals surface area contributed by atoms with E-state index in [9.17, 15) is 29.4 Å². The lowest BCUT2D eigenvalue weighted by Gasteiger charge is -2.26. The smallest absolute Gasteiger partial charge is 0.327 e. The van der Waals surface area contributed by atoms with Crippen LogP contribution in [-0.4, -0.2) is 70.4 Å². The lowest BCUT2D eigenvalue weighted by Crippen LogP contribution is -2.58. The van der Waals surface area contributed by atoms with E-state index < -0.39 is 47.9 Å². The van der Waals surface area contributed by atoms with Crippen molar-refractivity contribution in [3.05, 3.63) is 29.8 Å². The topological polar surface area (TPSA) is 197 Å². The van der Waals surface area contributed by atoms with E-state index >= 15 is 0 Å². The van der Waals surface area contributed by atoms with Crippen LogP contribution in [0.1, 0.15) is 38.7 Å². The summed E-state index contributed by atoms with van der Waals surface area (Å²) in [6.45, 7) is 3.98. The number of aromatic hydroxyl groups is 1. The van der Waals surface area contributed by atoms with Gasteiger partial charge in [-0.05, 0) is 49.4 Å². The summed E-state index contributed by atoms with van der Waals surface area (Å²) in [5.41, 5.74) is 12.1. The average molecular weight is 512 g/mol. The van der Waals surface area contributed by atoms with E-state index in [0.29, 0.717) is 24.9 Å². The predicted molar refractivity (Wildman–Crippen MR) is 135 cm³/mol. The second-order valence-corrected chi connectivity index (χ2v) is 8.99. The maximum absolute atomic E-state index is 13.2. The normalized spacial score (nSPS) is 14.5. The minimum Gasteiger partial charge on any atom is -0.508 e. The molecule has 1 aromatic carbocycles. The molecule has 0 aliphatic rings. The fraction of sp³-hybridized carbons (Fsp3) is 0.565. The molecule has 1 aromatic rings. The van der Waals surface area contributed by atoms with Crippen molar-refractivity contribution in [2.45, 2.75) is 63.7 Å². The summed E-state index contributed by atoms with van der Waals surface area (Å²) in [5.74, 6) is -3.35. The van der Waals surface area contributed by atoms with Gasteiger partial charge in [0, 0.05) is 12.2 Å². The third-order valence-corrected chi connectivity index (χ3v) is 5.77. The first kappa shape index (κ1) is 30.2. The Bertz CT molecular complexity index is 851. The molecular formula is C23H37N5O6S. The fourth-order valence-corrected chi connectivity index (χ4v) is 3.39. The number of nitrogens with one attached hydrogen (secondary N) is 3. The summed E-state index contributed by atoms with van der Waals surface area (Å²) in [5, 5.41) is 26.4. The lowest BCUT2D eigenvalue weighted by atomic mass is 10.0. The zero-order chi connectivity index (χ0) is 26.5. The number of hydrogen-bond donors (Lipinski definition) is 8. The van der Waals surface area contributed by atoms with Crippen LogP contribution in [0.15, 0.2) is 24.3 Å². The summed E-state index contributed by atoms with van der Waals surface area (Å²) in [4.78, 5) is 50.0. The van der Waals surface area contributed by atoms with Crippen molar-refractivity contribution in [1.82, 2.24) is 16.0 Å². The van der Waals surface area contributed by atoms with Gasteiger partial charge in [-0.1, -0.05) is 26.0 Å². The second-order valence-electron chi connectivity index (χ2n) is 8.63. The van der Waals surface area contributed by atoms with Crippen LogP contribution in [0.5, 0.6) is 5.75 Å². The number of aliphatic carboxylic acids is 1. The molecule has 0 radical (unpaired) electrons. The number of phenols is 1. The minimum absolute atomic E-state index is 0.0196. The Hall–Kier alpha value is -2.83. The zero-order valence-electron chi connectivity index (χ0n) is 20.1. The number of amides is 3. The standard InChI is InChI=1S/C23H37N5O6S/c1-13(2)19(25)22(32)26-16(5-3-4-10-24)20(30)27-17(11-14-6-8-15(29)9-7-14)21(31)28-18(12-35)23(33)34/h6-9,13,16-19,29,35H,3-5,10-12,24-25H2,1-2H3,(H,26,32)(H,27,30)(H,28,31)(H,33,34). The van der Waals surface area contributed by atoms with Gasteiger partial charge in [-0.2, -0.15) is 12.6 Å². The van der Waals surface area contributed by atoms with Crippen molar-refractivity contribution in [1.29, 1.82) is 0 Å². The average Bonchev–Trinajstić information content (AvgIpc) is 2.81. The minimum atomic E-state index is -1.27. The first-order valence-electron chi connectivity index (χ1n) is 11.5. The molecule has 9 N–H and O–H groups in total. The van der Waals surface area contributed by atoms with Gasteiger partial charge in [0.05, 0.1) is 6.04 Å². The Balaban J connectivity index is 3.11. The number of carboxylic acid groups (broad SMARTS) is 1. The maximum Gasteiger partial charge on any atom is 0.327 e. The van der Waals surface area contributed by atoms with Crippen LogP contribution >= 0.6 is 12.6 Å². The number of phenolic OH excluding ortho intramolecular Hbond substituents is 1. The van der Waals surface area contributed by atoms with Crippen LogP contribution in [0, 0.1) is 5.92 Å². The van der Waals surface area contributed by atoms with Crippen LogP contribution in [0.3, 0.4) is 0 Å². The molecule has 0 aliphatic heterocycles. The number of hydrogen-bond acceptors (Lipinski definition) is 8. The highest BCUT2D eigenvalue weighted by molar-refractivity contribution is 7.80. The molecule has 196 valence electrons. The first-order chi connectivity index (χ1) is 16.5. The molecule has 11 nitrogen and oxygen atoms in total. The van der Waals surface area contributed by atoms with E-state index in [4.69, 9.17) is 11.5 Å². The number of carbonyl (C=O) groups excluding carboxylic acids is 3. The van der Waals surface area contributed by atoms with Crippen LogP contribution in [0.4, 0.5) is 0 Å². The van der Waals surface area contributed by atoms with Gasteiger partial charge >= 0.3 is 5.97 Å². The van der Waals surface area contributed by atoms with Gasteiger partial charge in [0.2, 0.25) is 17.7 Å². The van der Waals surface area contributed by atoms with Crippen molar-refractivity contribution in [2.75, 3.05) is 12.3 Å². The van der Waals surface area contributed by atoms with Gasteiger partial charge in [0.1, 0.15) is 23.9 Å². The molecule has 0 aliphatic carbocycles. The first-order valence-corrected chi connectivity index (χ1v) is 12.1. The van der Waals surface area contributed by atoms with Gasteiger partial charge in [0.25, 0.3) is 0 Å². The quantitative estimate of drug-likeness (QED) is 0.114. The number of nitrogens with two attached hydrogens (primary N) is 2. The third-order valence-electron chi connectivity index (χ3n) is 5.41. The Labute approximate surface area is 210 Å². The summed E-state index contributed by atoms with van der Waals surface area (Å²) in [7, 11) is 0. The molecule has 0 spiro atoms. The molecule has 0 heterocycles. The fourth-order valence-electron chi connectivity index (χ4n) is 3.14. The predicted octanol–water partition coefficient (Wildman–Crippen LogP) is -0.484. The molecule has 0 bridgehead atoms. The highest BCUT2D eigenvalue weighted by Gasteiger charge is 2.30. The number of carboxylic acids is 1. The largest absolute Gasteiger partial charge is 0.508 e. The van der Waals surface area contributed by atoms with Crippen molar-refractivity contribution in [3.8, 4) is 5.75 Å². The van der Waals surface area contributed by atoms with Crippen LogP contribution in [-0.2, 0) is 25.6 Å². The lowest BCUT2D eigenvalue weighted by molar-refractivity contribution is -0.141. The third kappa shape index (κ3) is 10.5. The van der Waals surface area contributed by atoms with Crippen molar-refractivity contribution < 1.29 is 29.4 Å². The molecule has 3 amide bonds. The molecule has 4 atom stereocenters. The van der Waals surface area contributed by atoms with Crippen LogP contribution in [0.25, 0.3) is 0 Å². The van der Waals surface area contributed by atoms with Crippen LogP contribution in [0.2, 0.25) is 0 Å². The Morgan fingerprint density at radius 3 is 1.97 bits per heavy atom. The van der Waals surface area contributed by atoms with Crippen molar-refractivity contribution in [3.63, 3.8) is 0 Å². The monoisotopic (exact) mass is 511 g/mol. The Morgan fingerprint density at radius 1 is 0.914 bits per heavy atom. The highest BCUT2D eigenvalue weighted by atomic mass is 32.1. The summed E-state index contributed by atoms with van der Waals surface area (Å²) < 4.78 is 0. The molecule has 12 heteroatoms. The van der Waals surface area contributed by atoms with Gasteiger partial charge in [-0.3, -0.25) is 14.4 Å². The van der Waals surface area contributed by atoms with Gasteiger partial charge in [-0.25, -0.2) is 4.79 Å². The van der Waals surface area contributed by atoms with Gasteiger partial charge in [0.15, 0.2) is 0 Å². The summed E-state index contributed by atoms with van der Waals surface area (Å²) >= 11 is 3.95. The van der Waals surface area contributed by atoms with Gasteiger partial charge in [-0.15, -0.1) is 0 Å². The van der Waals surface area contributed by atoms with Crippen molar-refractivity contribution >= 4 is 36.3 Å². The van der Waals surface area contributed by atoms with E-state index in [2.05, 4.69) is 28.6 Å². The molecular weight excluding hydrogens is 474 g/mol. The number of thiol groups is 1. The molecule has 4 unspecified atom stereocenters. The molecule has 0 saturated heterocycles. The van der Waals surface area contributed by atoms with E-state index in [1.807, 2.05) is 0 Å².